The van der Waals surface area contributed by atoms with Crippen LogP contribution < -0.4 is 14.8 Å². The van der Waals surface area contributed by atoms with Crippen LogP contribution in [-0.2, 0) is 4.79 Å². The molecule has 18 heavy (non-hydrogen) atoms. The van der Waals surface area contributed by atoms with Gasteiger partial charge in [-0.2, -0.15) is 0 Å². The number of carbonyl (C=O) groups excluding carboxylic acids is 1. The predicted molar refractivity (Wildman–Crippen MR) is 69.0 cm³/mol. The fourth-order valence-corrected chi connectivity index (χ4v) is 1.70. The number of nitrogens with zero attached hydrogens (tertiary/aromatic N) is 1. The van der Waals surface area contributed by atoms with E-state index in [1.54, 1.807) is 12.1 Å². The second kappa shape index (κ2) is 5.27. The minimum Gasteiger partial charge on any atom is -0.454 e. The lowest BCUT2D eigenvalue weighted by atomic mass is 10.2. The second-order valence-electron chi connectivity index (χ2n) is 4.31. The highest BCUT2D eigenvalue weighted by Crippen LogP contribution is 2.34. The van der Waals surface area contributed by atoms with Crippen LogP contribution in [0.5, 0.6) is 11.5 Å². The van der Waals surface area contributed by atoms with Gasteiger partial charge < -0.3 is 14.8 Å². The zero-order valence-corrected chi connectivity index (χ0v) is 10.9. The van der Waals surface area contributed by atoms with E-state index < -0.39 is 0 Å². The zero-order valence-electron chi connectivity index (χ0n) is 10.9. The molecule has 1 aromatic carbocycles. The van der Waals surface area contributed by atoms with Gasteiger partial charge in [-0.05, 0) is 32.6 Å². The lowest BCUT2D eigenvalue weighted by Gasteiger charge is -2.22. The summed E-state index contributed by atoms with van der Waals surface area (Å²) >= 11 is 0. The fraction of sp³-hybridized carbons (Fsp3) is 0.462. The lowest BCUT2D eigenvalue weighted by molar-refractivity contribution is -0.120. The SMILES string of the molecule is CCN(C)C(C)C(=O)Nc1ccc2c(c1)OCO2. The molecule has 0 fully saturated rings. The maximum Gasteiger partial charge on any atom is 0.241 e. The number of hydrogen-bond donors (Lipinski definition) is 1. The molecule has 2 rings (SSSR count). The van der Waals surface area contributed by atoms with Gasteiger partial charge in [-0.15, -0.1) is 0 Å². The van der Waals surface area contributed by atoms with Crippen molar-refractivity contribution in [2.75, 3.05) is 25.7 Å². The van der Waals surface area contributed by atoms with E-state index in [4.69, 9.17) is 9.47 Å². The maximum absolute atomic E-state index is 12.0. The van der Waals surface area contributed by atoms with Crippen molar-refractivity contribution < 1.29 is 14.3 Å². The molecule has 0 aliphatic carbocycles. The van der Waals surface area contributed by atoms with Crippen molar-refractivity contribution in [1.82, 2.24) is 4.90 Å². The first kappa shape index (κ1) is 12.7. The molecule has 0 saturated heterocycles. The Balaban J connectivity index is 2.03. The first-order valence-electron chi connectivity index (χ1n) is 6.02. The van der Waals surface area contributed by atoms with Gasteiger partial charge in [0.15, 0.2) is 11.5 Å². The molecule has 0 spiro atoms. The van der Waals surface area contributed by atoms with Crippen LogP contribution in [0.1, 0.15) is 13.8 Å². The van der Waals surface area contributed by atoms with Crippen molar-refractivity contribution in [1.29, 1.82) is 0 Å². The molecule has 0 saturated carbocycles. The fourth-order valence-electron chi connectivity index (χ4n) is 1.70. The number of likely N-dealkylation sites (N-methyl/N-ethyl adjacent to an activating group) is 1. The van der Waals surface area contributed by atoms with Crippen LogP contribution in [0, 0.1) is 0 Å². The maximum atomic E-state index is 12.0. The summed E-state index contributed by atoms with van der Waals surface area (Å²) in [6, 6.07) is 5.22. The van der Waals surface area contributed by atoms with E-state index in [0.717, 1.165) is 12.2 Å². The molecule has 1 unspecified atom stereocenters. The number of carbonyl (C=O) groups is 1. The quantitative estimate of drug-likeness (QED) is 0.883. The van der Waals surface area contributed by atoms with Crippen molar-refractivity contribution in [3.63, 3.8) is 0 Å². The van der Waals surface area contributed by atoms with Gasteiger partial charge in [-0.1, -0.05) is 6.92 Å². The van der Waals surface area contributed by atoms with Crippen LogP contribution in [0.3, 0.4) is 0 Å². The van der Waals surface area contributed by atoms with Crippen molar-refractivity contribution >= 4 is 11.6 Å². The van der Waals surface area contributed by atoms with Gasteiger partial charge in [0.05, 0.1) is 6.04 Å². The summed E-state index contributed by atoms with van der Waals surface area (Å²) in [5.74, 6) is 1.36. The van der Waals surface area contributed by atoms with Gasteiger partial charge in [-0.3, -0.25) is 9.69 Å². The van der Waals surface area contributed by atoms with Crippen molar-refractivity contribution in [3.8, 4) is 11.5 Å². The van der Waals surface area contributed by atoms with Crippen molar-refractivity contribution in [2.45, 2.75) is 19.9 Å². The molecule has 1 atom stereocenters. The largest absolute Gasteiger partial charge is 0.454 e. The van der Waals surface area contributed by atoms with Crippen LogP contribution in [0.25, 0.3) is 0 Å². The van der Waals surface area contributed by atoms with E-state index in [9.17, 15) is 4.79 Å². The first-order chi connectivity index (χ1) is 8.61. The minimum absolute atomic E-state index is 0.0294. The molecular weight excluding hydrogens is 232 g/mol. The molecule has 0 aromatic heterocycles. The van der Waals surface area contributed by atoms with Gasteiger partial charge in [0.25, 0.3) is 0 Å². The number of benzene rings is 1. The smallest absolute Gasteiger partial charge is 0.241 e. The van der Waals surface area contributed by atoms with Crippen molar-refractivity contribution in [2.24, 2.45) is 0 Å². The Morgan fingerprint density at radius 1 is 1.44 bits per heavy atom. The first-order valence-corrected chi connectivity index (χ1v) is 6.02. The van der Waals surface area contributed by atoms with E-state index in [0.29, 0.717) is 11.5 Å². The van der Waals surface area contributed by atoms with E-state index in [1.807, 2.05) is 31.9 Å². The zero-order chi connectivity index (χ0) is 13.1. The monoisotopic (exact) mass is 250 g/mol. The molecule has 5 nitrogen and oxygen atoms in total. The molecule has 5 heteroatoms. The average Bonchev–Trinajstić information content (AvgIpc) is 2.84. The third-order valence-corrected chi connectivity index (χ3v) is 3.18. The van der Waals surface area contributed by atoms with Gasteiger partial charge >= 0.3 is 0 Å². The summed E-state index contributed by atoms with van der Waals surface area (Å²) in [6.45, 7) is 4.97. The number of ether oxygens (including phenoxy) is 2. The Labute approximate surface area is 107 Å². The van der Waals surface area contributed by atoms with E-state index in [-0.39, 0.29) is 18.7 Å². The Hall–Kier alpha value is -1.75. The van der Waals surface area contributed by atoms with Crippen LogP contribution in [-0.4, -0.2) is 37.2 Å². The summed E-state index contributed by atoms with van der Waals surface area (Å²) in [5, 5.41) is 2.87. The second-order valence-corrected chi connectivity index (χ2v) is 4.31. The van der Waals surface area contributed by atoms with Gasteiger partial charge in [0.2, 0.25) is 12.7 Å². The molecular formula is C13H18N2O3. The summed E-state index contributed by atoms with van der Waals surface area (Å²) < 4.78 is 10.5. The highest BCUT2D eigenvalue weighted by molar-refractivity contribution is 5.94. The Kier molecular flexibility index (Phi) is 3.72. The summed E-state index contributed by atoms with van der Waals surface area (Å²) in [5.41, 5.74) is 0.723. The van der Waals surface area contributed by atoms with Crippen LogP contribution in [0.2, 0.25) is 0 Å². The Morgan fingerprint density at radius 3 is 2.89 bits per heavy atom. The minimum atomic E-state index is -0.166. The Bertz CT molecular complexity index is 448. The van der Waals surface area contributed by atoms with Gasteiger partial charge in [-0.25, -0.2) is 0 Å². The molecule has 1 aliphatic heterocycles. The Morgan fingerprint density at radius 2 is 2.17 bits per heavy atom. The molecule has 1 aromatic rings. The molecule has 1 aliphatic rings. The summed E-state index contributed by atoms with van der Waals surface area (Å²) in [4.78, 5) is 14.0. The van der Waals surface area contributed by atoms with Gasteiger partial charge in [0, 0.05) is 11.8 Å². The highest BCUT2D eigenvalue weighted by atomic mass is 16.7. The molecule has 98 valence electrons. The van der Waals surface area contributed by atoms with E-state index in [2.05, 4.69) is 5.32 Å². The number of fused-ring (bicyclic) bond motifs is 1. The highest BCUT2D eigenvalue weighted by Gasteiger charge is 2.18. The number of anilines is 1. The predicted octanol–water partition coefficient (Wildman–Crippen LogP) is 1.69. The standard InChI is InChI=1S/C13H18N2O3/c1-4-15(3)9(2)13(16)14-10-5-6-11-12(7-10)18-8-17-11/h5-7,9H,4,8H2,1-3H3,(H,14,16). The normalized spacial score (nSPS) is 14.7. The van der Waals surface area contributed by atoms with Crippen LogP contribution >= 0.6 is 0 Å². The molecule has 0 radical (unpaired) electrons. The molecule has 0 bridgehead atoms. The molecule has 1 amide bonds. The lowest BCUT2D eigenvalue weighted by Crippen LogP contribution is -2.39. The van der Waals surface area contributed by atoms with Crippen LogP contribution in [0.15, 0.2) is 18.2 Å². The number of nitrogens with one attached hydrogen (secondary N) is 1. The van der Waals surface area contributed by atoms with E-state index >= 15 is 0 Å². The number of rotatable bonds is 4. The third-order valence-electron chi connectivity index (χ3n) is 3.18. The molecule has 1 N–H and O–H groups in total. The average molecular weight is 250 g/mol. The molecule has 1 heterocycles. The summed E-state index contributed by atoms with van der Waals surface area (Å²) in [6.07, 6.45) is 0. The summed E-state index contributed by atoms with van der Waals surface area (Å²) in [7, 11) is 1.92. The van der Waals surface area contributed by atoms with E-state index in [1.165, 1.54) is 0 Å². The topological polar surface area (TPSA) is 50.8 Å². The van der Waals surface area contributed by atoms with Gasteiger partial charge in [0.1, 0.15) is 0 Å². The van der Waals surface area contributed by atoms with Crippen LogP contribution in [0.4, 0.5) is 5.69 Å². The number of amides is 1. The van der Waals surface area contributed by atoms with Crippen molar-refractivity contribution in [3.05, 3.63) is 18.2 Å². The third kappa shape index (κ3) is 2.56. The number of hydrogen-bond acceptors (Lipinski definition) is 4.